The van der Waals surface area contributed by atoms with Crippen molar-refractivity contribution in [3.63, 3.8) is 0 Å². The van der Waals surface area contributed by atoms with Crippen LogP contribution in [0.4, 0.5) is 13.2 Å². The van der Waals surface area contributed by atoms with Crippen molar-refractivity contribution >= 4 is 17.7 Å². The third-order valence-electron chi connectivity index (χ3n) is 5.16. The molecule has 0 N–H and O–H groups in total. The predicted octanol–water partition coefficient (Wildman–Crippen LogP) is 7.70. The van der Waals surface area contributed by atoms with E-state index in [0.717, 1.165) is 28.3 Å². The third kappa shape index (κ3) is 8.93. The van der Waals surface area contributed by atoms with Gasteiger partial charge in [0.05, 0.1) is 18.3 Å². The lowest BCUT2D eigenvalue weighted by molar-refractivity contribution is -0.145. The van der Waals surface area contributed by atoms with Gasteiger partial charge in [-0.2, -0.15) is 13.2 Å². The first-order chi connectivity index (χ1) is 17.7. The molecular formula is C28H29F3O5S. The molecule has 5 nitrogen and oxygen atoms in total. The van der Waals surface area contributed by atoms with E-state index >= 15 is 0 Å². The van der Waals surface area contributed by atoms with Crippen LogP contribution in [0.15, 0.2) is 71.6 Å². The highest BCUT2D eigenvalue weighted by atomic mass is 32.2. The Labute approximate surface area is 218 Å². The Morgan fingerprint density at radius 3 is 2.38 bits per heavy atom. The Kier molecular flexibility index (Phi) is 10.1. The zero-order valence-corrected chi connectivity index (χ0v) is 21.7. The highest BCUT2D eigenvalue weighted by Gasteiger charge is 2.31. The number of ether oxygens (including phenoxy) is 4. The monoisotopic (exact) mass is 534 g/mol. The number of benzene rings is 3. The van der Waals surface area contributed by atoms with Crippen molar-refractivity contribution in [2.45, 2.75) is 44.4 Å². The molecule has 0 amide bonds. The second kappa shape index (κ2) is 13.3. The van der Waals surface area contributed by atoms with Gasteiger partial charge < -0.3 is 18.9 Å². The first-order valence-corrected chi connectivity index (χ1v) is 12.8. The molecule has 37 heavy (non-hydrogen) atoms. The number of thioether (sulfide) groups is 1. The van der Waals surface area contributed by atoms with E-state index in [2.05, 4.69) is 0 Å². The van der Waals surface area contributed by atoms with Gasteiger partial charge in [0.25, 0.3) is 0 Å². The third-order valence-corrected chi connectivity index (χ3v) is 6.19. The van der Waals surface area contributed by atoms with Gasteiger partial charge in [-0.3, -0.25) is 0 Å². The Morgan fingerprint density at radius 1 is 0.973 bits per heavy atom. The summed E-state index contributed by atoms with van der Waals surface area (Å²) in [4.78, 5) is 12.5. The fourth-order valence-corrected chi connectivity index (χ4v) is 4.42. The molecule has 0 heterocycles. The number of alkyl halides is 3. The molecule has 3 rings (SSSR count). The van der Waals surface area contributed by atoms with Gasteiger partial charge in [0, 0.05) is 10.6 Å². The SMILES string of the molecule is CCOC(=O)COc1ccc(SCC[C@H](C)Oc2ccc(C(F)(F)F)cc2Oc2ccccc2)cc1C. The maximum absolute atomic E-state index is 13.3. The van der Waals surface area contributed by atoms with Crippen LogP contribution in [0.5, 0.6) is 23.0 Å². The fraction of sp³-hybridized carbons (Fsp3) is 0.321. The van der Waals surface area contributed by atoms with Crippen molar-refractivity contribution in [2.75, 3.05) is 19.0 Å². The first-order valence-electron chi connectivity index (χ1n) is 11.8. The van der Waals surface area contributed by atoms with Crippen molar-refractivity contribution in [1.29, 1.82) is 0 Å². The van der Waals surface area contributed by atoms with Gasteiger partial charge in [-0.1, -0.05) is 18.2 Å². The molecule has 198 valence electrons. The van der Waals surface area contributed by atoms with Crippen LogP contribution < -0.4 is 14.2 Å². The summed E-state index contributed by atoms with van der Waals surface area (Å²) in [5.41, 5.74) is 0.0881. The van der Waals surface area contributed by atoms with E-state index < -0.39 is 17.7 Å². The number of hydrogen-bond donors (Lipinski definition) is 0. The zero-order valence-electron chi connectivity index (χ0n) is 20.8. The highest BCUT2D eigenvalue weighted by Crippen LogP contribution is 2.39. The second-order valence-electron chi connectivity index (χ2n) is 8.16. The lowest BCUT2D eigenvalue weighted by Gasteiger charge is -2.19. The Morgan fingerprint density at radius 2 is 1.70 bits per heavy atom. The molecule has 1 atom stereocenters. The maximum atomic E-state index is 13.3. The van der Waals surface area contributed by atoms with Gasteiger partial charge in [-0.15, -0.1) is 11.8 Å². The molecule has 0 spiro atoms. The fourth-order valence-electron chi connectivity index (χ4n) is 3.31. The molecule has 0 aliphatic rings. The van der Waals surface area contributed by atoms with Crippen LogP contribution in [-0.2, 0) is 15.7 Å². The van der Waals surface area contributed by atoms with E-state index in [1.165, 1.54) is 6.07 Å². The summed E-state index contributed by atoms with van der Waals surface area (Å²) in [5.74, 6) is 1.59. The van der Waals surface area contributed by atoms with Crippen molar-refractivity contribution in [1.82, 2.24) is 0 Å². The number of hydrogen-bond acceptors (Lipinski definition) is 6. The van der Waals surface area contributed by atoms with E-state index in [0.29, 0.717) is 24.5 Å². The average molecular weight is 535 g/mol. The van der Waals surface area contributed by atoms with Crippen molar-refractivity contribution in [2.24, 2.45) is 0 Å². The van der Waals surface area contributed by atoms with Crippen molar-refractivity contribution < 1.29 is 36.9 Å². The molecule has 0 aromatic heterocycles. The van der Waals surface area contributed by atoms with Crippen LogP contribution >= 0.6 is 11.8 Å². The van der Waals surface area contributed by atoms with E-state index in [-0.39, 0.29) is 24.2 Å². The molecule has 0 saturated heterocycles. The minimum atomic E-state index is -4.49. The number of carbonyl (C=O) groups excluding carboxylic acids is 1. The summed E-state index contributed by atoms with van der Waals surface area (Å²) in [6, 6.07) is 17.5. The zero-order chi connectivity index (χ0) is 26.8. The topological polar surface area (TPSA) is 54.0 Å². The number of carbonyl (C=O) groups is 1. The Balaban J connectivity index is 1.58. The van der Waals surface area contributed by atoms with Crippen LogP contribution in [0.1, 0.15) is 31.4 Å². The van der Waals surface area contributed by atoms with Crippen LogP contribution in [0.3, 0.4) is 0 Å². The molecule has 0 aliphatic carbocycles. The summed E-state index contributed by atoms with van der Waals surface area (Å²) in [6.45, 7) is 5.66. The number of rotatable bonds is 12. The van der Waals surface area contributed by atoms with Gasteiger partial charge in [0.15, 0.2) is 18.1 Å². The van der Waals surface area contributed by atoms with Crippen molar-refractivity contribution in [3.05, 3.63) is 77.9 Å². The van der Waals surface area contributed by atoms with E-state index in [1.807, 2.05) is 32.0 Å². The molecule has 0 saturated carbocycles. The van der Waals surface area contributed by atoms with E-state index in [1.54, 1.807) is 49.0 Å². The number of aryl methyl sites for hydroxylation is 1. The first kappa shape index (κ1) is 28.2. The van der Waals surface area contributed by atoms with Crippen LogP contribution in [-0.4, -0.2) is 31.0 Å². The second-order valence-corrected chi connectivity index (χ2v) is 9.33. The number of halogens is 3. The quantitative estimate of drug-likeness (QED) is 0.175. The predicted molar refractivity (Wildman–Crippen MR) is 137 cm³/mol. The normalized spacial score (nSPS) is 12.1. The van der Waals surface area contributed by atoms with Gasteiger partial charge in [0.2, 0.25) is 0 Å². The van der Waals surface area contributed by atoms with Gasteiger partial charge in [0.1, 0.15) is 11.5 Å². The molecule has 3 aromatic rings. The molecule has 0 fully saturated rings. The minimum Gasteiger partial charge on any atom is -0.487 e. The summed E-state index contributed by atoms with van der Waals surface area (Å²) >= 11 is 1.62. The lowest BCUT2D eigenvalue weighted by Crippen LogP contribution is -2.15. The number of esters is 1. The van der Waals surface area contributed by atoms with Gasteiger partial charge in [-0.05, 0) is 81.3 Å². The van der Waals surface area contributed by atoms with Crippen LogP contribution in [0.25, 0.3) is 0 Å². The Hall–Kier alpha value is -3.33. The van der Waals surface area contributed by atoms with E-state index in [9.17, 15) is 18.0 Å². The number of para-hydroxylation sites is 1. The Bertz CT molecular complexity index is 1170. The minimum absolute atomic E-state index is 0.00885. The maximum Gasteiger partial charge on any atom is 0.416 e. The summed E-state index contributed by atoms with van der Waals surface area (Å²) in [7, 11) is 0. The smallest absolute Gasteiger partial charge is 0.416 e. The average Bonchev–Trinajstić information content (AvgIpc) is 2.85. The van der Waals surface area contributed by atoms with Crippen LogP contribution in [0.2, 0.25) is 0 Å². The molecule has 0 unspecified atom stereocenters. The molecule has 0 bridgehead atoms. The molecule has 3 aromatic carbocycles. The molecule has 0 radical (unpaired) electrons. The molecule has 0 aliphatic heterocycles. The van der Waals surface area contributed by atoms with Gasteiger partial charge >= 0.3 is 12.1 Å². The highest BCUT2D eigenvalue weighted by molar-refractivity contribution is 7.99. The van der Waals surface area contributed by atoms with Gasteiger partial charge in [-0.25, -0.2) is 4.79 Å². The molecular weight excluding hydrogens is 505 g/mol. The van der Waals surface area contributed by atoms with E-state index in [4.69, 9.17) is 18.9 Å². The lowest BCUT2D eigenvalue weighted by atomic mass is 10.2. The molecule has 9 heteroatoms. The largest absolute Gasteiger partial charge is 0.487 e. The van der Waals surface area contributed by atoms with Crippen molar-refractivity contribution in [3.8, 4) is 23.0 Å². The summed E-state index contributed by atoms with van der Waals surface area (Å²) in [5, 5.41) is 0. The standard InChI is InChI=1S/C28H29F3O5S/c1-4-33-27(32)18-34-24-13-11-23(16-19(24)2)37-15-14-20(3)35-25-12-10-21(28(29,30)31)17-26(25)36-22-8-6-5-7-9-22/h5-13,16-17,20H,4,14-15,18H2,1-3H3/t20-/m0/s1. The summed E-state index contributed by atoms with van der Waals surface area (Å²) < 4.78 is 61.9. The van der Waals surface area contributed by atoms with Crippen LogP contribution in [0, 0.1) is 6.92 Å². The summed E-state index contributed by atoms with van der Waals surface area (Å²) in [6.07, 6.45) is -4.11.